The number of benzene rings is 1. The van der Waals surface area contributed by atoms with E-state index >= 15 is 0 Å². The van der Waals surface area contributed by atoms with E-state index in [0.717, 1.165) is 39.3 Å². The molecule has 146 valence electrons. The highest BCUT2D eigenvalue weighted by Gasteiger charge is 2.13. The van der Waals surface area contributed by atoms with Crippen molar-refractivity contribution in [3.05, 3.63) is 91.3 Å². The Balaban J connectivity index is 1.64. The van der Waals surface area contributed by atoms with Crippen LogP contribution in [0.3, 0.4) is 0 Å². The lowest BCUT2D eigenvalue weighted by Gasteiger charge is -2.10. The van der Waals surface area contributed by atoms with E-state index in [4.69, 9.17) is 4.42 Å². The van der Waals surface area contributed by atoms with Crippen LogP contribution in [0.2, 0.25) is 0 Å². The van der Waals surface area contributed by atoms with Crippen LogP contribution in [-0.4, -0.2) is 27.3 Å². The minimum atomic E-state index is -0.115. The average molecular weight is 394 g/mol. The highest BCUT2D eigenvalue weighted by atomic mass is 16.3. The Labute approximate surface area is 172 Å². The number of rotatable bonds is 4. The number of imidazole rings is 1. The number of furan rings is 1. The molecule has 5 rings (SSSR count). The Bertz CT molecular complexity index is 1350. The van der Waals surface area contributed by atoms with Gasteiger partial charge >= 0.3 is 0 Å². The maximum absolute atomic E-state index is 12.3. The van der Waals surface area contributed by atoms with Gasteiger partial charge < -0.3 is 9.73 Å². The van der Waals surface area contributed by atoms with Gasteiger partial charge in [-0.05, 0) is 47.5 Å². The van der Waals surface area contributed by atoms with Gasteiger partial charge in [0.25, 0.3) is 5.91 Å². The van der Waals surface area contributed by atoms with Gasteiger partial charge in [-0.25, -0.2) is 4.98 Å². The molecule has 6 heteroatoms. The first-order chi connectivity index (χ1) is 14.7. The van der Waals surface area contributed by atoms with Gasteiger partial charge in [0.05, 0.1) is 30.1 Å². The van der Waals surface area contributed by atoms with Crippen LogP contribution < -0.4 is 5.32 Å². The van der Waals surface area contributed by atoms with Gasteiger partial charge in [0.2, 0.25) is 0 Å². The average Bonchev–Trinajstić information content (AvgIpc) is 3.48. The van der Waals surface area contributed by atoms with E-state index in [1.807, 2.05) is 71.4 Å². The third kappa shape index (κ3) is 3.04. The zero-order valence-corrected chi connectivity index (χ0v) is 16.2. The number of amides is 1. The summed E-state index contributed by atoms with van der Waals surface area (Å²) >= 11 is 0. The zero-order valence-electron chi connectivity index (χ0n) is 16.2. The number of aromatic nitrogens is 3. The van der Waals surface area contributed by atoms with E-state index in [1.54, 1.807) is 25.8 Å². The summed E-state index contributed by atoms with van der Waals surface area (Å²) in [4.78, 5) is 21.3. The molecule has 0 aliphatic rings. The lowest BCUT2D eigenvalue weighted by molar-refractivity contribution is 0.0963. The van der Waals surface area contributed by atoms with Crippen LogP contribution in [0.1, 0.15) is 10.4 Å². The fourth-order valence-electron chi connectivity index (χ4n) is 3.58. The molecule has 0 spiro atoms. The molecule has 4 aromatic heterocycles. The highest BCUT2D eigenvalue weighted by Crippen LogP contribution is 2.29. The summed E-state index contributed by atoms with van der Waals surface area (Å²) in [5.74, 6) is -0.115. The molecule has 1 amide bonds. The molecule has 4 heterocycles. The number of hydrogen-bond acceptors (Lipinski definition) is 4. The molecular formula is C24H18N4O2. The van der Waals surface area contributed by atoms with Crippen LogP contribution in [0.15, 0.2) is 90.1 Å². The molecule has 0 saturated carbocycles. The fraction of sp³-hybridized carbons (Fsp3) is 0.0417. The molecule has 0 aliphatic heterocycles. The predicted molar refractivity (Wildman–Crippen MR) is 115 cm³/mol. The Morgan fingerprint density at radius 2 is 1.90 bits per heavy atom. The SMILES string of the molecule is CNC(=O)c1ccccc1-c1ccc2ncc(-c3ccnc(-c4ccoc4)c3)n2c1. The van der Waals surface area contributed by atoms with E-state index in [-0.39, 0.29) is 5.91 Å². The van der Waals surface area contributed by atoms with Crippen LogP contribution in [-0.2, 0) is 0 Å². The van der Waals surface area contributed by atoms with E-state index < -0.39 is 0 Å². The highest BCUT2D eigenvalue weighted by molar-refractivity contribution is 6.00. The second-order valence-electron chi connectivity index (χ2n) is 6.86. The van der Waals surface area contributed by atoms with Gasteiger partial charge in [-0.3, -0.25) is 14.2 Å². The Kier molecular flexibility index (Phi) is 4.37. The summed E-state index contributed by atoms with van der Waals surface area (Å²) in [5.41, 5.74) is 6.95. The van der Waals surface area contributed by atoms with Gasteiger partial charge in [-0.1, -0.05) is 18.2 Å². The Morgan fingerprint density at radius 3 is 2.73 bits per heavy atom. The van der Waals surface area contributed by atoms with Crippen molar-refractivity contribution in [3.63, 3.8) is 0 Å². The van der Waals surface area contributed by atoms with Crippen molar-refractivity contribution in [2.75, 3.05) is 7.05 Å². The van der Waals surface area contributed by atoms with Crippen LogP contribution >= 0.6 is 0 Å². The molecular weight excluding hydrogens is 376 g/mol. The van der Waals surface area contributed by atoms with Crippen LogP contribution in [0, 0.1) is 0 Å². The van der Waals surface area contributed by atoms with Gasteiger partial charge in [0.15, 0.2) is 0 Å². The number of nitrogens with one attached hydrogen (secondary N) is 1. The number of pyridine rings is 2. The standard InChI is InChI=1S/C24H18N4O2/c1-25-24(29)20-5-3-2-4-19(20)17-6-7-23-27-13-22(28(23)14-17)16-8-10-26-21(12-16)18-9-11-30-15-18/h2-15H,1H3,(H,25,29). The molecule has 0 radical (unpaired) electrons. The van der Waals surface area contributed by atoms with Gasteiger partial charge in [-0.15, -0.1) is 0 Å². The Hall–Kier alpha value is -4.19. The third-order valence-corrected chi connectivity index (χ3v) is 5.09. The first-order valence-corrected chi connectivity index (χ1v) is 9.52. The molecule has 0 fully saturated rings. The smallest absolute Gasteiger partial charge is 0.251 e. The second-order valence-corrected chi connectivity index (χ2v) is 6.86. The van der Waals surface area contributed by atoms with Gasteiger partial charge in [0.1, 0.15) is 5.65 Å². The first-order valence-electron chi connectivity index (χ1n) is 9.52. The van der Waals surface area contributed by atoms with Crippen LogP contribution in [0.4, 0.5) is 0 Å². The van der Waals surface area contributed by atoms with E-state index in [0.29, 0.717) is 5.56 Å². The van der Waals surface area contributed by atoms with Crippen molar-refractivity contribution < 1.29 is 9.21 Å². The van der Waals surface area contributed by atoms with Crippen molar-refractivity contribution in [2.24, 2.45) is 0 Å². The van der Waals surface area contributed by atoms with Crippen LogP contribution in [0.5, 0.6) is 0 Å². The minimum Gasteiger partial charge on any atom is -0.472 e. The molecule has 0 atom stereocenters. The number of carbonyl (C=O) groups excluding carboxylic acids is 1. The van der Waals surface area contributed by atoms with E-state index in [9.17, 15) is 4.79 Å². The maximum Gasteiger partial charge on any atom is 0.251 e. The molecule has 1 aromatic carbocycles. The number of carbonyl (C=O) groups is 1. The van der Waals surface area contributed by atoms with Crippen molar-refractivity contribution in [1.82, 2.24) is 19.7 Å². The molecule has 30 heavy (non-hydrogen) atoms. The van der Waals surface area contributed by atoms with Crippen LogP contribution in [0.25, 0.3) is 39.3 Å². The lowest BCUT2D eigenvalue weighted by atomic mass is 10.0. The molecule has 5 aromatic rings. The second kappa shape index (κ2) is 7.33. The summed E-state index contributed by atoms with van der Waals surface area (Å²) in [6.07, 6.45) is 8.94. The van der Waals surface area contributed by atoms with Crippen molar-refractivity contribution in [2.45, 2.75) is 0 Å². The van der Waals surface area contributed by atoms with E-state index in [2.05, 4.69) is 15.3 Å². The van der Waals surface area contributed by atoms with Crippen molar-refractivity contribution in [1.29, 1.82) is 0 Å². The summed E-state index contributed by atoms with van der Waals surface area (Å²) in [7, 11) is 1.64. The van der Waals surface area contributed by atoms with Crippen molar-refractivity contribution >= 4 is 11.6 Å². The normalized spacial score (nSPS) is 11.0. The molecule has 0 unspecified atom stereocenters. The lowest BCUT2D eigenvalue weighted by Crippen LogP contribution is -2.18. The molecule has 0 bridgehead atoms. The van der Waals surface area contributed by atoms with Gasteiger partial charge in [0, 0.05) is 36.1 Å². The fourth-order valence-corrected chi connectivity index (χ4v) is 3.58. The zero-order chi connectivity index (χ0) is 20.5. The van der Waals surface area contributed by atoms with Gasteiger partial charge in [-0.2, -0.15) is 0 Å². The molecule has 6 nitrogen and oxygen atoms in total. The number of fused-ring (bicyclic) bond motifs is 1. The first kappa shape index (κ1) is 17.9. The minimum absolute atomic E-state index is 0.115. The van der Waals surface area contributed by atoms with Crippen molar-refractivity contribution in [3.8, 4) is 33.6 Å². The largest absolute Gasteiger partial charge is 0.472 e. The monoisotopic (exact) mass is 394 g/mol. The Morgan fingerprint density at radius 1 is 1.00 bits per heavy atom. The summed E-state index contributed by atoms with van der Waals surface area (Å²) in [5, 5.41) is 2.71. The molecule has 0 saturated heterocycles. The quantitative estimate of drug-likeness (QED) is 0.480. The summed E-state index contributed by atoms with van der Waals surface area (Å²) in [6.45, 7) is 0. The third-order valence-electron chi connectivity index (χ3n) is 5.09. The topological polar surface area (TPSA) is 72.4 Å². The molecule has 0 aliphatic carbocycles. The maximum atomic E-state index is 12.3. The predicted octanol–water partition coefficient (Wildman–Crippen LogP) is 4.68. The summed E-state index contributed by atoms with van der Waals surface area (Å²) in [6, 6.07) is 17.4. The van der Waals surface area contributed by atoms with E-state index in [1.165, 1.54) is 0 Å². The number of nitrogens with zero attached hydrogens (tertiary/aromatic N) is 3. The molecule has 1 N–H and O–H groups in total. The summed E-state index contributed by atoms with van der Waals surface area (Å²) < 4.78 is 7.22. The number of hydrogen-bond donors (Lipinski definition) is 1.